The summed E-state index contributed by atoms with van der Waals surface area (Å²) < 4.78 is 5.37. The van der Waals surface area contributed by atoms with Crippen LogP contribution in [-0.4, -0.2) is 47.1 Å². The summed E-state index contributed by atoms with van der Waals surface area (Å²) in [5, 5.41) is 4.10. The van der Waals surface area contributed by atoms with Crippen molar-refractivity contribution in [3.63, 3.8) is 0 Å². The molecule has 1 amide bonds. The fraction of sp³-hybridized carbons (Fsp3) is 0.500. The lowest BCUT2D eigenvalue weighted by Crippen LogP contribution is -2.50. The zero-order valence-corrected chi connectivity index (χ0v) is 15.0. The maximum atomic E-state index is 12.0. The maximum Gasteiger partial charge on any atom is 0.266 e. The molecule has 1 aliphatic heterocycles. The van der Waals surface area contributed by atoms with Crippen molar-refractivity contribution in [1.29, 1.82) is 0 Å². The first-order chi connectivity index (χ1) is 11.9. The van der Waals surface area contributed by atoms with E-state index >= 15 is 0 Å². The molecule has 25 heavy (non-hydrogen) atoms. The molecular weight excluding hydrogens is 318 g/mol. The molecule has 7 heteroatoms. The number of piperazine rings is 1. The molecule has 2 heterocycles. The highest BCUT2D eigenvalue weighted by Crippen LogP contribution is 2.25. The number of benzene rings is 1. The molecule has 1 aromatic carbocycles. The van der Waals surface area contributed by atoms with E-state index in [-0.39, 0.29) is 11.3 Å². The molecule has 1 saturated heterocycles. The molecule has 2 aromatic rings. The molecule has 7 nitrogen and oxygen atoms in total. The van der Waals surface area contributed by atoms with Gasteiger partial charge in [-0.15, -0.1) is 0 Å². The number of hydrogen-bond acceptors (Lipinski definition) is 6. The minimum atomic E-state index is -0.404. The third-order valence-corrected chi connectivity index (χ3v) is 4.40. The van der Waals surface area contributed by atoms with E-state index in [4.69, 9.17) is 10.3 Å². The lowest BCUT2D eigenvalue weighted by Gasteiger charge is -2.37. The molecule has 1 atom stereocenters. The molecular formula is C18H25N5O2. The Kier molecular flexibility index (Phi) is 4.76. The van der Waals surface area contributed by atoms with Gasteiger partial charge in [0, 0.05) is 31.6 Å². The molecule has 1 aromatic heterocycles. The summed E-state index contributed by atoms with van der Waals surface area (Å²) in [6.45, 7) is 8.99. The Hall–Kier alpha value is -2.41. The van der Waals surface area contributed by atoms with Crippen LogP contribution in [0.1, 0.15) is 38.3 Å². The van der Waals surface area contributed by atoms with Gasteiger partial charge < -0.3 is 15.2 Å². The minimum Gasteiger partial charge on any atom is -0.368 e. The third-order valence-electron chi connectivity index (χ3n) is 4.40. The molecule has 134 valence electrons. The minimum absolute atomic E-state index is 0.169. The van der Waals surface area contributed by atoms with E-state index in [1.807, 2.05) is 51.1 Å². The van der Waals surface area contributed by atoms with Crippen LogP contribution in [0.4, 0.5) is 5.95 Å². The first kappa shape index (κ1) is 17.4. The zero-order chi connectivity index (χ0) is 18.0. The summed E-state index contributed by atoms with van der Waals surface area (Å²) in [5.41, 5.74) is 6.42. The predicted octanol–water partition coefficient (Wildman–Crippen LogP) is 1.72. The highest BCUT2D eigenvalue weighted by atomic mass is 16.5. The van der Waals surface area contributed by atoms with E-state index in [0.717, 1.165) is 18.7 Å². The van der Waals surface area contributed by atoms with Gasteiger partial charge in [0.05, 0.1) is 0 Å². The average Bonchev–Trinajstić information content (AvgIpc) is 3.07. The van der Waals surface area contributed by atoms with Crippen molar-refractivity contribution in [1.82, 2.24) is 15.0 Å². The van der Waals surface area contributed by atoms with Crippen molar-refractivity contribution >= 4 is 11.9 Å². The van der Waals surface area contributed by atoms with Gasteiger partial charge in [-0.05, 0) is 10.7 Å². The summed E-state index contributed by atoms with van der Waals surface area (Å²) in [7, 11) is 0. The third kappa shape index (κ3) is 3.82. The van der Waals surface area contributed by atoms with Gasteiger partial charge in [-0.1, -0.05) is 51.1 Å². The summed E-state index contributed by atoms with van der Waals surface area (Å²) in [6.07, 6.45) is 0. The van der Waals surface area contributed by atoms with Gasteiger partial charge in [0.1, 0.15) is 6.04 Å². The summed E-state index contributed by atoms with van der Waals surface area (Å²) >= 11 is 0. The van der Waals surface area contributed by atoms with Gasteiger partial charge in [-0.3, -0.25) is 9.69 Å². The summed E-state index contributed by atoms with van der Waals surface area (Å²) in [6, 6.07) is 9.26. The highest BCUT2D eigenvalue weighted by molar-refractivity contribution is 5.81. The van der Waals surface area contributed by atoms with Gasteiger partial charge in [-0.2, -0.15) is 4.98 Å². The van der Waals surface area contributed by atoms with Crippen LogP contribution >= 0.6 is 0 Å². The molecule has 0 aliphatic carbocycles. The average molecular weight is 343 g/mol. The molecule has 2 N–H and O–H groups in total. The number of aromatic nitrogens is 2. The zero-order valence-electron chi connectivity index (χ0n) is 15.0. The van der Waals surface area contributed by atoms with E-state index in [0.29, 0.717) is 24.9 Å². The van der Waals surface area contributed by atoms with Gasteiger partial charge >= 0.3 is 0 Å². The van der Waals surface area contributed by atoms with E-state index < -0.39 is 6.04 Å². The maximum absolute atomic E-state index is 12.0. The Morgan fingerprint density at radius 2 is 1.80 bits per heavy atom. The highest BCUT2D eigenvalue weighted by Gasteiger charge is 2.31. The van der Waals surface area contributed by atoms with Gasteiger partial charge in [0.25, 0.3) is 5.95 Å². The monoisotopic (exact) mass is 343 g/mol. The molecule has 0 saturated carbocycles. The number of anilines is 1. The molecule has 0 spiro atoms. The molecule has 3 rings (SSSR count). The van der Waals surface area contributed by atoms with Crippen LogP contribution in [0.25, 0.3) is 0 Å². The number of rotatable bonds is 4. The number of hydrogen-bond donors (Lipinski definition) is 1. The molecule has 0 bridgehead atoms. The Morgan fingerprint density at radius 1 is 1.16 bits per heavy atom. The first-order valence-electron chi connectivity index (χ1n) is 8.54. The molecule has 1 fully saturated rings. The van der Waals surface area contributed by atoms with E-state index in [1.54, 1.807) is 0 Å². The van der Waals surface area contributed by atoms with E-state index in [9.17, 15) is 4.79 Å². The first-order valence-corrected chi connectivity index (χ1v) is 8.54. The fourth-order valence-corrected chi connectivity index (χ4v) is 3.02. The van der Waals surface area contributed by atoms with E-state index in [2.05, 4.69) is 19.9 Å². The number of amides is 1. The SMILES string of the molecule is CC(C)(C)c1nc(N2CCN(C(C(N)=O)c3ccccc3)CC2)no1. The van der Waals surface area contributed by atoms with Crippen molar-refractivity contribution < 1.29 is 9.32 Å². The largest absolute Gasteiger partial charge is 0.368 e. The second kappa shape index (κ2) is 6.84. The predicted molar refractivity (Wildman–Crippen MR) is 95.2 cm³/mol. The number of carbonyl (C=O) groups excluding carboxylic acids is 1. The van der Waals surface area contributed by atoms with Crippen LogP contribution in [0.3, 0.4) is 0 Å². The summed E-state index contributed by atoms with van der Waals surface area (Å²) in [5.74, 6) is 0.915. The normalized spacial score (nSPS) is 17.5. The summed E-state index contributed by atoms with van der Waals surface area (Å²) in [4.78, 5) is 20.7. The van der Waals surface area contributed by atoms with Crippen LogP contribution in [0, 0.1) is 0 Å². The number of primary amides is 1. The van der Waals surface area contributed by atoms with E-state index in [1.165, 1.54) is 0 Å². The van der Waals surface area contributed by atoms with Crippen LogP contribution in [0.2, 0.25) is 0 Å². The standard InChI is InChI=1S/C18H25N5O2/c1-18(2,3)16-20-17(21-25-16)23-11-9-22(10-12-23)14(15(19)24)13-7-5-4-6-8-13/h4-8,14H,9-12H2,1-3H3,(H2,19,24). The molecule has 0 radical (unpaired) electrons. The second-order valence-corrected chi connectivity index (χ2v) is 7.39. The van der Waals surface area contributed by atoms with Crippen LogP contribution < -0.4 is 10.6 Å². The molecule has 1 unspecified atom stereocenters. The Bertz CT molecular complexity index is 715. The van der Waals surface area contributed by atoms with Crippen molar-refractivity contribution in [2.45, 2.75) is 32.2 Å². The van der Waals surface area contributed by atoms with Crippen molar-refractivity contribution in [2.24, 2.45) is 5.73 Å². The molecule has 1 aliphatic rings. The number of nitrogens with zero attached hydrogens (tertiary/aromatic N) is 4. The van der Waals surface area contributed by atoms with Crippen molar-refractivity contribution in [2.75, 3.05) is 31.1 Å². The topological polar surface area (TPSA) is 88.5 Å². The Balaban J connectivity index is 1.68. The fourth-order valence-electron chi connectivity index (χ4n) is 3.02. The van der Waals surface area contributed by atoms with Crippen LogP contribution in [0.15, 0.2) is 34.9 Å². The number of nitrogens with two attached hydrogens (primary N) is 1. The van der Waals surface area contributed by atoms with Gasteiger partial charge in [-0.25, -0.2) is 0 Å². The Morgan fingerprint density at radius 3 is 2.32 bits per heavy atom. The second-order valence-electron chi connectivity index (χ2n) is 7.39. The van der Waals surface area contributed by atoms with Crippen molar-refractivity contribution in [3.05, 3.63) is 41.8 Å². The lowest BCUT2D eigenvalue weighted by atomic mass is 9.97. The quantitative estimate of drug-likeness (QED) is 0.909. The Labute approximate surface area is 147 Å². The van der Waals surface area contributed by atoms with Gasteiger partial charge in [0.2, 0.25) is 11.8 Å². The van der Waals surface area contributed by atoms with Crippen LogP contribution in [-0.2, 0) is 10.2 Å². The lowest BCUT2D eigenvalue weighted by molar-refractivity contribution is -0.123. The van der Waals surface area contributed by atoms with Crippen molar-refractivity contribution in [3.8, 4) is 0 Å². The smallest absolute Gasteiger partial charge is 0.266 e. The van der Waals surface area contributed by atoms with Crippen LogP contribution in [0.5, 0.6) is 0 Å². The van der Waals surface area contributed by atoms with Gasteiger partial charge in [0.15, 0.2) is 0 Å². The number of carbonyl (C=O) groups is 1.